The van der Waals surface area contributed by atoms with Crippen LogP contribution in [0.25, 0.3) is 0 Å². The summed E-state index contributed by atoms with van der Waals surface area (Å²) in [4.78, 5) is 0. The van der Waals surface area contributed by atoms with E-state index in [4.69, 9.17) is 0 Å². The molecule has 0 saturated heterocycles. The van der Waals surface area contributed by atoms with E-state index in [2.05, 4.69) is 26.0 Å². The maximum absolute atomic E-state index is 2.58. The first-order chi connectivity index (χ1) is 10.1. The van der Waals surface area contributed by atoms with Crippen LogP contribution in [0.1, 0.15) is 78.1 Å². The molecular weight excluding hydrogens is 252 g/mol. The van der Waals surface area contributed by atoms with Crippen molar-refractivity contribution in [3.63, 3.8) is 0 Å². The third-order valence-electron chi connectivity index (χ3n) is 6.37. The SMILES string of the molecule is CC(C)(C1=CC2=C(CCCC2)C1)C1=CC2=C(CCCC2)C1. The monoisotopic (exact) mass is 280 g/mol. The smallest absolute Gasteiger partial charge is 0.00768 e. The molecule has 0 unspecified atom stereocenters. The molecule has 112 valence electrons. The quantitative estimate of drug-likeness (QED) is 0.548. The van der Waals surface area contributed by atoms with E-state index in [1.165, 1.54) is 64.2 Å². The van der Waals surface area contributed by atoms with Crippen LogP contribution in [-0.2, 0) is 0 Å². The summed E-state index contributed by atoms with van der Waals surface area (Å²) in [5.41, 5.74) is 10.6. The van der Waals surface area contributed by atoms with Gasteiger partial charge >= 0.3 is 0 Å². The fraction of sp³-hybridized carbons (Fsp3) is 0.619. The van der Waals surface area contributed by atoms with Gasteiger partial charge in [-0.15, -0.1) is 0 Å². The lowest BCUT2D eigenvalue weighted by atomic mass is 9.75. The van der Waals surface area contributed by atoms with Crippen molar-refractivity contribution in [1.29, 1.82) is 0 Å². The Balaban J connectivity index is 1.56. The predicted molar refractivity (Wildman–Crippen MR) is 90.2 cm³/mol. The number of rotatable bonds is 2. The Labute approximate surface area is 129 Å². The molecule has 0 heteroatoms. The Morgan fingerprint density at radius 1 is 0.667 bits per heavy atom. The maximum Gasteiger partial charge on any atom is 0.00768 e. The summed E-state index contributed by atoms with van der Waals surface area (Å²) in [6, 6.07) is 0. The van der Waals surface area contributed by atoms with Crippen LogP contribution in [0.5, 0.6) is 0 Å². The van der Waals surface area contributed by atoms with Crippen LogP contribution in [0.2, 0.25) is 0 Å². The van der Waals surface area contributed by atoms with E-state index in [-0.39, 0.29) is 5.41 Å². The molecule has 0 aromatic rings. The lowest BCUT2D eigenvalue weighted by molar-refractivity contribution is 0.513. The first-order valence-corrected chi connectivity index (χ1v) is 8.98. The molecule has 0 amide bonds. The molecule has 0 atom stereocenters. The second-order valence-electron chi connectivity index (χ2n) is 7.99. The minimum atomic E-state index is 0.273. The van der Waals surface area contributed by atoms with Crippen molar-refractivity contribution in [3.8, 4) is 0 Å². The lowest BCUT2D eigenvalue weighted by Gasteiger charge is -2.29. The highest BCUT2D eigenvalue weighted by atomic mass is 14.4. The molecule has 0 aromatic heterocycles. The molecule has 0 saturated carbocycles. The Bertz CT molecular complexity index is 538. The van der Waals surface area contributed by atoms with Gasteiger partial charge in [-0.1, -0.05) is 48.3 Å². The summed E-state index contributed by atoms with van der Waals surface area (Å²) in [6.45, 7) is 4.95. The van der Waals surface area contributed by atoms with Gasteiger partial charge in [0.05, 0.1) is 0 Å². The van der Waals surface area contributed by atoms with E-state index >= 15 is 0 Å². The Hall–Kier alpha value is -1.04. The molecule has 4 aliphatic carbocycles. The van der Waals surface area contributed by atoms with Gasteiger partial charge < -0.3 is 0 Å². The molecule has 0 N–H and O–H groups in total. The van der Waals surface area contributed by atoms with E-state index in [1.807, 2.05) is 0 Å². The summed E-state index contributed by atoms with van der Waals surface area (Å²) in [6.07, 6.45) is 18.7. The summed E-state index contributed by atoms with van der Waals surface area (Å²) in [5.74, 6) is 0. The predicted octanol–water partition coefficient (Wildman–Crippen LogP) is 6.41. The van der Waals surface area contributed by atoms with Gasteiger partial charge in [0, 0.05) is 5.41 Å². The van der Waals surface area contributed by atoms with Crippen LogP contribution in [0.15, 0.2) is 45.6 Å². The van der Waals surface area contributed by atoms with E-state index in [0.717, 1.165) is 0 Å². The molecule has 4 aliphatic rings. The van der Waals surface area contributed by atoms with Crippen molar-refractivity contribution < 1.29 is 0 Å². The zero-order chi connectivity index (χ0) is 14.4. The molecule has 0 bridgehead atoms. The molecule has 0 radical (unpaired) electrons. The highest BCUT2D eigenvalue weighted by Gasteiger charge is 2.35. The van der Waals surface area contributed by atoms with Gasteiger partial charge in [0.1, 0.15) is 0 Å². The van der Waals surface area contributed by atoms with Gasteiger partial charge in [0.2, 0.25) is 0 Å². The van der Waals surface area contributed by atoms with Gasteiger partial charge in [-0.3, -0.25) is 0 Å². The summed E-state index contributed by atoms with van der Waals surface area (Å²) >= 11 is 0. The van der Waals surface area contributed by atoms with Crippen LogP contribution < -0.4 is 0 Å². The molecule has 21 heavy (non-hydrogen) atoms. The van der Waals surface area contributed by atoms with Crippen LogP contribution in [0.4, 0.5) is 0 Å². The highest BCUT2D eigenvalue weighted by molar-refractivity contribution is 5.50. The Morgan fingerprint density at radius 2 is 1.10 bits per heavy atom. The van der Waals surface area contributed by atoms with Gasteiger partial charge in [0.25, 0.3) is 0 Å². The molecule has 0 spiro atoms. The molecule has 0 heterocycles. The fourth-order valence-electron chi connectivity index (χ4n) is 4.73. The van der Waals surface area contributed by atoms with E-state index in [9.17, 15) is 0 Å². The Kier molecular flexibility index (Phi) is 3.24. The fourth-order valence-corrected chi connectivity index (χ4v) is 4.73. The summed E-state index contributed by atoms with van der Waals surface area (Å²) in [5, 5.41) is 0. The third-order valence-corrected chi connectivity index (χ3v) is 6.37. The number of allylic oxidation sites excluding steroid dienone is 8. The number of hydrogen-bond acceptors (Lipinski definition) is 0. The second-order valence-corrected chi connectivity index (χ2v) is 7.99. The average molecular weight is 280 g/mol. The summed E-state index contributed by atoms with van der Waals surface area (Å²) in [7, 11) is 0. The topological polar surface area (TPSA) is 0 Å². The van der Waals surface area contributed by atoms with E-state index < -0.39 is 0 Å². The van der Waals surface area contributed by atoms with Crippen molar-refractivity contribution in [1.82, 2.24) is 0 Å². The van der Waals surface area contributed by atoms with E-state index in [1.54, 1.807) is 33.4 Å². The van der Waals surface area contributed by atoms with Crippen LogP contribution >= 0.6 is 0 Å². The second kappa shape index (κ2) is 5.00. The van der Waals surface area contributed by atoms with E-state index in [0.29, 0.717) is 0 Å². The van der Waals surface area contributed by atoms with Crippen LogP contribution in [-0.4, -0.2) is 0 Å². The van der Waals surface area contributed by atoms with Gasteiger partial charge in [-0.25, -0.2) is 0 Å². The molecule has 0 nitrogen and oxygen atoms in total. The third kappa shape index (κ3) is 2.28. The van der Waals surface area contributed by atoms with Crippen molar-refractivity contribution in [3.05, 3.63) is 45.6 Å². The normalized spacial score (nSPS) is 25.8. The van der Waals surface area contributed by atoms with Crippen molar-refractivity contribution >= 4 is 0 Å². The molecular formula is C21H28. The van der Waals surface area contributed by atoms with Crippen LogP contribution in [0, 0.1) is 5.41 Å². The molecule has 4 rings (SSSR count). The Morgan fingerprint density at radius 3 is 1.52 bits per heavy atom. The van der Waals surface area contributed by atoms with Gasteiger partial charge in [0.15, 0.2) is 0 Å². The first kappa shape index (κ1) is 13.6. The largest absolute Gasteiger partial charge is 0.0629 e. The zero-order valence-corrected chi connectivity index (χ0v) is 13.7. The lowest BCUT2D eigenvalue weighted by Crippen LogP contribution is -2.17. The van der Waals surface area contributed by atoms with Gasteiger partial charge in [-0.2, -0.15) is 0 Å². The average Bonchev–Trinajstić information content (AvgIpc) is 3.11. The van der Waals surface area contributed by atoms with Crippen LogP contribution in [0.3, 0.4) is 0 Å². The van der Waals surface area contributed by atoms with Crippen molar-refractivity contribution in [2.45, 2.75) is 78.1 Å². The molecule has 0 aromatic carbocycles. The highest BCUT2D eigenvalue weighted by Crippen LogP contribution is 2.50. The molecule has 0 aliphatic heterocycles. The maximum atomic E-state index is 2.58. The zero-order valence-electron chi connectivity index (χ0n) is 13.7. The standard InChI is InChI=1S/C21H28/c1-21(2,19-11-15-7-3-4-8-16(15)12-19)20-13-17-9-5-6-10-18(17)14-20/h11,13H,3-10,12,14H2,1-2H3. The van der Waals surface area contributed by atoms with Gasteiger partial charge in [-0.05, 0) is 75.4 Å². The minimum absolute atomic E-state index is 0.273. The number of hydrogen-bond donors (Lipinski definition) is 0. The van der Waals surface area contributed by atoms with Crippen molar-refractivity contribution in [2.24, 2.45) is 5.41 Å². The summed E-state index contributed by atoms with van der Waals surface area (Å²) < 4.78 is 0. The van der Waals surface area contributed by atoms with Crippen molar-refractivity contribution in [2.75, 3.05) is 0 Å². The minimum Gasteiger partial charge on any atom is -0.0629 e. The first-order valence-electron chi connectivity index (χ1n) is 8.98. The molecule has 0 fully saturated rings.